The maximum Gasteiger partial charge on any atom is 0.288 e. The molecule has 0 spiro atoms. The van der Waals surface area contributed by atoms with Crippen LogP contribution in [0.15, 0.2) is 23.9 Å². The summed E-state index contributed by atoms with van der Waals surface area (Å²) in [5, 5.41) is 5.48. The number of rotatable bonds is 3. The van der Waals surface area contributed by atoms with Gasteiger partial charge in [0.25, 0.3) is 10.1 Å². The summed E-state index contributed by atoms with van der Waals surface area (Å²) in [7, 11) is -0.959. The predicted molar refractivity (Wildman–Crippen MR) is 54.2 cm³/mol. The molecule has 0 aromatic heterocycles. The third-order valence-electron chi connectivity index (χ3n) is 2.32. The lowest BCUT2D eigenvalue weighted by Crippen LogP contribution is -2.50. The third kappa shape index (κ3) is 1.82. The molecular formula is C8H14N2O3S. The van der Waals surface area contributed by atoms with Crippen LogP contribution in [-0.2, 0) is 10.1 Å². The lowest BCUT2D eigenvalue weighted by atomic mass is 10.1. The summed E-state index contributed by atoms with van der Waals surface area (Å²) in [5.41, 5.74) is 0.750. The highest BCUT2D eigenvalue weighted by Crippen LogP contribution is 2.26. The van der Waals surface area contributed by atoms with Gasteiger partial charge in [0.15, 0.2) is 4.87 Å². The number of hydrogen-bond donors (Lipinski definition) is 3. The molecule has 1 aliphatic carbocycles. The topological polar surface area (TPSA) is 78.4 Å². The Hall–Kier alpha value is -0.850. The Morgan fingerprint density at radius 2 is 2.14 bits per heavy atom. The second-order valence-corrected chi connectivity index (χ2v) is 4.77. The van der Waals surface area contributed by atoms with Gasteiger partial charge in [-0.15, -0.1) is 0 Å². The quantitative estimate of drug-likeness (QED) is 0.574. The molecule has 0 aromatic rings. The van der Waals surface area contributed by atoms with E-state index in [9.17, 15) is 8.42 Å². The standard InChI is InChI=1S/C8H14N2O3S/c1-9-7-4-3-5-8(6-7,10-2)14(11,12)13/h3-5,9-10H,6H2,1-2H3,(H,11,12,13). The van der Waals surface area contributed by atoms with Crippen LogP contribution in [0.5, 0.6) is 0 Å². The first kappa shape index (κ1) is 11.2. The van der Waals surface area contributed by atoms with E-state index in [2.05, 4.69) is 10.6 Å². The number of allylic oxidation sites excluding steroid dienone is 2. The van der Waals surface area contributed by atoms with Crippen molar-refractivity contribution in [1.82, 2.24) is 10.6 Å². The van der Waals surface area contributed by atoms with Crippen molar-refractivity contribution in [3.05, 3.63) is 23.9 Å². The molecule has 0 heterocycles. The van der Waals surface area contributed by atoms with E-state index in [1.54, 1.807) is 19.2 Å². The van der Waals surface area contributed by atoms with Gasteiger partial charge in [-0.05, 0) is 19.2 Å². The van der Waals surface area contributed by atoms with Crippen LogP contribution in [0, 0.1) is 0 Å². The Bertz CT molecular complexity index is 372. The number of hydrogen-bond acceptors (Lipinski definition) is 4. The highest BCUT2D eigenvalue weighted by atomic mass is 32.2. The van der Waals surface area contributed by atoms with Crippen LogP contribution < -0.4 is 10.6 Å². The molecule has 0 bridgehead atoms. The minimum absolute atomic E-state index is 0.190. The molecule has 1 aliphatic rings. The van der Waals surface area contributed by atoms with Gasteiger partial charge in [0, 0.05) is 19.2 Å². The second-order valence-electron chi connectivity index (χ2n) is 3.09. The minimum atomic E-state index is -4.16. The SMILES string of the molecule is CNC1=CC=CC(NC)(S(=O)(=O)O)C1. The zero-order valence-corrected chi connectivity index (χ0v) is 8.93. The summed E-state index contributed by atoms with van der Waals surface area (Å²) in [4.78, 5) is -1.40. The van der Waals surface area contributed by atoms with Crippen molar-refractivity contribution in [2.24, 2.45) is 0 Å². The summed E-state index contributed by atoms with van der Waals surface area (Å²) >= 11 is 0. The van der Waals surface area contributed by atoms with Gasteiger partial charge in [0.1, 0.15) is 0 Å². The molecule has 0 radical (unpaired) electrons. The molecule has 0 saturated carbocycles. The fourth-order valence-corrected chi connectivity index (χ4v) is 2.22. The molecular weight excluding hydrogens is 204 g/mol. The Morgan fingerprint density at radius 3 is 2.57 bits per heavy atom. The summed E-state index contributed by atoms with van der Waals surface area (Å²) < 4.78 is 31.5. The molecule has 0 saturated heterocycles. The largest absolute Gasteiger partial charge is 0.391 e. The molecule has 1 rings (SSSR count). The lowest BCUT2D eigenvalue weighted by molar-refractivity contribution is 0.420. The smallest absolute Gasteiger partial charge is 0.288 e. The van der Waals surface area contributed by atoms with Crippen molar-refractivity contribution in [1.29, 1.82) is 0 Å². The lowest BCUT2D eigenvalue weighted by Gasteiger charge is -2.29. The van der Waals surface area contributed by atoms with Crippen LogP contribution in [0.1, 0.15) is 6.42 Å². The van der Waals surface area contributed by atoms with Gasteiger partial charge in [-0.3, -0.25) is 9.87 Å². The van der Waals surface area contributed by atoms with E-state index in [0.29, 0.717) is 0 Å². The monoisotopic (exact) mass is 218 g/mol. The van der Waals surface area contributed by atoms with Crippen molar-refractivity contribution < 1.29 is 13.0 Å². The highest BCUT2D eigenvalue weighted by molar-refractivity contribution is 7.87. The summed E-state index contributed by atoms with van der Waals surface area (Å²) in [6, 6.07) is 0. The minimum Gasteiger partial charge on any atom is -0.391 e. The molecule has 14 heavy (non-hydrogen) atoms. The fraction of sp³-hybridized carbons (Fsp3) is 0.500. The second kappa shape index (κ2) is 3.72. The van der Waals surface area contributed by atoms with E-state index in [-0.39, 0.29) is 6.42 Å². The molecule has 6 heteroatoms. The van der Waals surface area contributed by atoms with E-state index in [4.69, 9.17) is 4.55 Å². The molecule has 0 amide bonds. The molecule has 0 aliphatic heterocycles. The van der Waals surface area contributed by atoms with Crippen molar-refractivity contribution in [3.63, 3.8) is 0 Å². The van der Waals surface area contributed by atoms with Crippen molar-refractivity contribution in [2.45, 2.75) is 11.3 Å². The Balaban J connectivity index is 3.08. The highest BCUT2D eigenvalue weighted by Gasteiger charge is 2.40. The van der Waals surface area contributed by atoms with Crippen molar-refractivity contribution in [3.8, 4) is 0 Å². The first-order chi connectivity index (χ1) is 6.45. The van der Waals surface area contributed by atoms with Crippen molar-refractivity contribution in [2.75, 3.05) is 14.1 Å². The normalized spacial score (nSPS) is 27.2. The van der Waals surface area contributed by atoms with E-state index < -0.39 is 15.0 Å². The average Bonchev–Trinajstić information content (AvgIpc) is 2.16. The van der Waals surface area contributed by atoms with E-state index in [1.807, 2.05) is 0 Å². The zero-order valence-electron chi connectivity index (χ0n) is 8.11. The zero-order chi connectivity index (χ0) is 10.8. The maximum atomic E-state index is 11.2. The fourth-order valence-electron chi connectivity index (χ4n) is 1.37. The van der Waals surface area contributed by atoms with Crippen molar-refractivity contribution >= 4 is 10.1 Å². The van der Waals surface area contributed by atoms with Crippen LogP contribution in [0.25, 0.3) is 0 Å². The molecule has 1 atom stereocenters. The third-order valence-corrected chi connectivity index (χ3v) is 3.73. The van der Waals surface area contributed by atoms with Gasteiger partial charge in [0.05, 0.1) is 0 Å². The van der Waals surface area contributed by atoms with E-state index in [1.165, 1.54) is 13.1 Å². The van der Waals surface area contributed by atoms with Gasteiger partial charge in [-0.1, -0.05) is 6.08 Å². The van der Waals surface area contributed by atoms with Gasteiger partial charge in [-0.2, -0.15) is 8.42 Å². The maximum absolute atomic E-state index is 11.2. The molecule has 1 unspecified atom stereocenters. The molecule has 80 valence electrons. The number of nitrogens with one attached hydrogen (secondary N) is 2. The van der Waals surface area contributed by atoms with Crippen LogP contribution in [-0.4, -0.2) is 31.9 Å². The van der Waals surface area contributed by atoms with Crippen LogP contribution >= 0.6 is 0 Å². The Kier molecular flexibility index (Phi) is 2.98. The molecule has 3 N–H and O–H groups in total. The number of likely N-dealkylation sites (N-methyl/N-ethyl adjacent to an activating group) is 1. The van der Waals surface area contributed by atoms with E-state index in [0.717, 1.165) is 5.70 Å². The van der Waals surface area contributed by atoms with E-state index >= 15 is 0 Å². The average molecular weight is 218 g/mol. The molecule has 0 aromatic carbocycles. The predicted octanol–water partition coefficient (Wildman–Crippen LogP) is -0.147. The summed E-state index contributed by atoms with van der Waals surface area (Å²) in [6.45, 7) is 0. The van der Waals surface area contributed by atoms with Gasteiger partial charge >= 0.3 is 0 Å². The Labute approximate surface area is 83.6 Å². The molecule has 5 nitrogen and oxygen atoms in total. The summed E-state index contributed by atoms with van der Waals surface area (Å²) in [6.07, 6.45) is 4.99. The van der Waals surface area contributed by atoms with Gasteiger partial charge < -0.3 is 5.32 Å². The first-order valence-corrected chi connectivity index (χ1v) is 5.61. The molecule has 0 fully saturated rings. The first-order valence-electron chi connectivity index (χ1n) is 4.17. The Morgan fingerprint density at radius 1 is 1.50 bits per heavy atom. The van der Waals surface area contributed by atoms with Crippen LogP contribution in [0.3, 0.4) is 0 Å². The summed E-state index contributed by atoms with van der Waals surface area (Å²) in [5.74, 6) is 0. The van der Waals surface area contributed by atoms with Crippen LogP contribution in [0.4, 0.5) is 0 Å². The van der Waals surface area contributed by atoms with Gasteiger partial charge in [0.2, 0.25) is 0 Å². The van der Waals surface area contributed by atoms with Gasteiger partial charge in [-0.25, -0.2) is 0 Å². The van der Waals surface area contributed by atoms with Crippen LogP contribution in [0.2, 0.25) is 0 Å².